The van der Waals surface area contributed by atoms with Crippen molar-refractivity contribution >= 4 is 17.8 Å². The zero-order chi connectivity index (χ0) is 13.5. The lowest BCUT2D eigenvalue weighted by molar-refractivity contribution is 0.255. The van der Waals surface area contributed by atoms with Crippen molar-refractivity contribution < 1.29 is 9.18 Å². The fraction of sp³-hybridized carbons (Fsp3) is 0. The minimum atomic E-state index is -0.329. The number of carbonyl (C=O) groups excluding carboxylic acids is 1. The minimum absolute atomic E-state index is 0.285. The molecular formula is C15H13FN2O. The Hall–Kier alpha value is -2.62. The molecule has 2 aromatic rings. The summed E-state index contributed by atoms with van der Waals surface area (Å²) in [6.07, 6.45) is 3.19. The second-order valence-electron chi connectivity index (χ2n) is 3.85. The second kappa shape index (κ2) is 6.35. The lowest BCUT2D eigenvalue weighted by Crippen LogP contribution is -2.23. The van der Waals surface area contributed by atoms with Gasteiger partial charge >= 0.3 is 6.03 Å². The predicted octanol–water partition coefficient (Wildman–Crippen LogP) is 3.62. The van der Waals surface area contributed by atoms with Gasteiger partial charge in [-0.3, -0.25) is 0 Å². The predicted molar refractivity (Wildman–Crippen MR) is 74.0 cm³/mol. The van der Waals surface area contributed by atoms with Crippen molar-refractivity contribution in [3.63, 3.8) is 0 Å². The lowest BCUT2D eigenvalue weighted by atomic mass is 10.2. The molecule has 3 nitrogen and oxygen atoms in total. The Balaban J connectivity index is 1.85. The number of carbonyl (C=O) groups is 1. The maximum absolute atomic E-state index is 12.7. The summed E-state index contributed by atoms with van der Waals surface area (Å²) in [7, 11) is 0. The Labute approximate surface area is 110 Å². The third-order valence-electron chi connectivity index (χ3n) is 2.39. The molecule has 0 radical (unpaired) electrons. The van der Waals surface area contributed by atoms with Gasteiger partial charge in [0.05, 0.1) is 0 Å². The third kappa shape index (κ3) is 4.27. The van der Waals surface area contributed by atoms with Crippen LogP contribution in [0.5, 0.6) is 0 Å². The molecular weight excluding hydrogens is 243 g/mol. The van der Waals surface area contributed by atoms with Crippen molar-refractivity contribution in [3.8, 4) is 0 Å². The average Bonchev–Trinajstić information content (AvgIpc) is 2.42. The number of hydrogen-bond acceptors (Lipinski definition) is 1. The number of nitrogens with one attached hydrogen (secondary N) is 2. The first-order valence-corrected chi connectivity index (χ1v) is 5.79. The molecule has 2 N–H and O–H groups in total. The highest BCUT2D eigenvalue weighted by Gasteiger charge is 1.97. The van der Waals surface area contributed by atoms with E-state index in [0.29, 0.717) is 0 Å². The Morgan fingerprint density at radius 2 is 1.68 bits per heavy atom. The number of hydrogen-bond donors (Lipinski definition) is 2. The zero-order valence-electron chi connectivity index (χ0n) is 10.1. The van der Waals surface area contributed by atoms with Crippen LogP contribution in [0, 0.1) is 5.82 Å². The van der Waals surface area contributed by atoms with Crippen molar-refractivity contribution in [1.29, 1.82) is 0 Å². The first-order valence-electron chi connectivity index (χ1n) is 5.79. The summed E-state index contributed by atoms with van der Waals surface area (Å²) in [5, 5.41) is 5.25. The van der Waals surface area contributed by atoms with Gasteiger partial charge in [-0.05, 0) is 35.9 Å². The highest BCUT2D eigenvalue weighted by atomic mass is 19.1. The van der Waals surface area contributed by atoms with Crippen LogP contribution >= 0.6 is 0 Å². The molecule has 0 aromatic heterocycles. The summed E-state index contributed by atoms with van der Waals surface area (Å²) in [5.74, 6) is -0.285. The first kappa shape index (κ1) is 12.8. The standard InChI is InChI=1S/C15H13FN2O/c16-13-8-6-12(7-9-13)10-11-17-15(19)18-14-4-2-1-3-5-14/h1-11H,(H2,17,18,19)/b11-10+. The van der Waals surface area contributed by atoms with E-state index in [1.165, 1.54) is 18.3 Å². The summed E-state index contributed by atoms with van der Waals surface area (Å²) >= 11 is 0. The summed E-state index contributed by atoms with van der Waals surface area (Å²) in [6.45, 7) is 0. The molecule has 96 valence electrons. The van der Waals surface area contributed by atoms with Gasteiger partial charge in [0.15, 0.2) is 0 Å². The number of benzene rings is 2. The van der Waals surface area contributed by atoms with E-state index in [-0.39, 0.29) is 11.8 Å². The number of urea groups is 1. The van der Waals surface area contributed by atoms with Crippen LogP contribution in [0.25, 0.3) is 6.08 Å². The first-order chi connectivity index (χ1) is 9.24. The lowest BCUT2D eigenvalue weighted by Gasteiger charge is -2.03. The fourth-order valence-electron chi connectivity index (χ4n) is 1.48. The number of halogens is 1. The fourth-order valence-corrected chi connectivity index (χ4v) is 1.48. The third-order valence-corrected chi connectivity index (χ3v) is 2.39. The molecule has 0 fully saturated rings. The molecule has 2 amide bonds. The largest absolute Gasteiger partial charge is 0.323 e. The summed E-state index contributed by atoms with van der Waals surface area (Å²) < 4.78 is 12.7. The van der Waals surface area contributed by atoms with Gasteiger partial charge in [0, 0.05) is 11.9 Å². The molecule has 0 atom stereocenters. The zero-order valence-corrected chi connectivity index (χ0v) is 10.1. The van der Waals surface area contributed by atoms with Gasteiger partial charge in [-0.25, -0.2) is 9.18 Å². The topological polar surface area (TPSA) is 41.1 Å². The van der Waals surface area contributed by atoms with Gasteiger partial charge < -0.3 is 10.6 Å². The van der Waals surface area contributed by atoms with Crippen LogP contribution in [0.4, 0.5) is 14.9 Å². The Kier molecular flexibility index (Phi) is 4.29. The molecule has 0 bridgehead atoms. The number of para-hydroxylation sites is 1. The van der Waals surface area contributed by atoms with Crippen molar-refractivity contribution in [2.45, 2.75) is 0 Å². The number of anilines is 1. The molecule has 19 heavy (non-hydrogen) atoms. The molecule has 0 saturated carbocycles. The van der Waals surface area contributed by atoms with Crippen molar-refractivity contribution in [3.05, 3.63) is 72.2 Å². The van der Waals surface area contributed by atoms with E-state index in [2.05, 4.69) is 10.6 Å². The van der Waals surface area contributed by atoms with Crippen molar-refractivity contribution in [1.82, 2.24) is 5.32 Å². The van der Waals surface area contributed by atoms with Crippen LogP contribution in [0.1, 0.15) is 5.56 Å². The van der Waals surface area contributed by atoms with Crippen LogP contribution in [0.2, 0.25) is 0 Å². The monoisotopic (exact) mass is 256 g/mol. The quantitative estimate of drug-likeness (QED) is 0.865. The van der Waals surface area contributed by atoms with Crippen LogP contribution in [0.15, 0.2) is 60.8 Å². The Morgan fingerprint density at radius 1 is 1.00 bits per heavy atom. The van der Waals surface area contributed by atoms with E-state index in [0.717, 1.165) is 11.3 Å². The van der Waals surface area contributed by atoms with E-state index >= 15 is 0 Å². The molecule has 0 saturated heterocycles. The molecule has 0 aliphatic carbocycles. The van der Waals surface area contributed by atoms with Gasteiger partial charge in [-0.15, -0.1) is 0 Å². The van der Waals surface area contributed by atoms with E-state index in [9.17, 15) is 9.18 Å². The SMILES string of the molecule is O=C(N/C=C/c1ccc(F)cc1)Nc1ccccc1. The smallest absolute Gasteiger partial charge is 0.314 e. The Bertz CT molecular complexity index is 564. The molecule has 0 unspecified atom stereocenters. The van der Waals surface area contributed by atoms with Crippen LogP contribution in [-0.4, -0.2) is 6.03 Å². The van der Waals surface area contributed by atoms with E-state index in [4.69, 9.17) is 0 Å². The summed E-state index contributed by atoms with van der Waals surface area (Å²) in [4.78, 5) is 11.5. The van der Waals surface area contributed by atoms with Gasteiger partial charge in [0.2, 0.25) is 0 Å². The molecule has 0 aliphatic rings. The molecule has 0 heterocycles. The molecule has 0 aliphatic heterocycles. The van der Waals surface area contributed by atoms with E-state index in [1.807, 2.05) is 18.2 Å². The summed E-state index contributed by atoms with van der Waals surface area (Å²) in [5.41, 5.74) is 1.52. The Morgan fingerprint density at radius 3 is 2.37 bits per heavy atom. The van der Waals surface area contributed by atoms with Crippen molar-refractivity contribution in [2.24, 2.45) is 0 Å². The van der Waals surface area contributed by atoms with E-state index < -0.39 is 0 Å². The molecule has 4 heteroatoms. The number of amides is 2. The van der Waals surface area contributed by atoms with Crippen LogP contribution in [0.3, 0.4) is 0 Å². The highest BCUT2D eigenvalue weighted by Crippen LogP contribution is 2.05. The van der Waals surface area contributed by atoms with Crippen LogP contribution in [-0.2, 0) is 0 Å². The van der Waals surface area contributed by atoms with Crippen LogP contribution < -0.4 is 10.6 Å². The molecule has 0 spiro atoms. The highest BCUT2D eigenvalue weighted by molar-refractivity contribution is 5.90. The van der Waals surface area contributed by atoms with E-state index in [1.54, 1.807) is 30.3 Å². The minimum Gasteiger partial charge on any atom is -0.314 e. The van der Waals surface area contributed by atoms with Crippen molar-refractivity contribution in [2.75, 3.05) is 5.32 Å². The number of rotatable bonds is 3. The second-order valence-corrected chi connectivity index (χ2v) is 3.85. The molecule has 2 aromatic carbocycles. The average molecular weight is 256 g/mol. The maximum atomic E-state index is 12.7. The maximum Gasteiger partial charge on any atom is 0.323 e. The van der Waals surface area contributed by atoms with Gasteiger partial charge in [-0.2, -0.15) is 0 Å². The summed E-state index contributed by atoms with van der Waals surface area (Å²) in [6, 6.07) is 14.8. The van der Waals surface area contributed by atoms with Gasteiger partial charge in [0.1, 0.15) is 5.82 Å². The van der Waals surface area contributed by atoms with Gasteiger partial charge in [0.25, 0.3) is 0 Å². The molecule has 2 rings (SSSR count). The normalized spacial score (nSPS) is 10.4. The van der Waals surface area contributed by atoms with Gasteiger partial charge in [-0.1, -0.05) is 30.3 Å².